The third-order valence-electron chi connectivity index (χ3n) is 2.49. The Bertz CT molecular complexity index is 477. The number of halogens is 2. The zero-order valence-electron chi connectivity index (χ0n) is 10.8. The number of nitrogens with zero attached hydrogens (tertiary/aromatic N) is 1. The Morgan fingerprint density at radius 2 is 2.00 bits per heavy atom. The summed E-state index contributed by atoms with van der Waals surface area (Å²) in [7, 11) is 1.31. The second kappa shape index (κ2) is 7.65. The number of ether oxygens (including phenoxy) is 1. The number of benzene rings is 1. The molecule has 0 aliphatic rings. The molecule has 0 aliphatic carbocycles. The Labute approximate surface area is 129 Å². The molecule has 0 saturated heterocycles. The van der Waals surface area contributed by atoms with E-state index in [4.69, 9.17) is 0 Å². The van der Waals surface area contributed by atoms with E-state index in [0.717, 1.165) is 10.9 Å². The molecule has 4 nitrogen and oxygen atoms in total. The summed E-state index contributed by atoms with van der Waals surface area (Å²) >= 11 is 6.68. The monoisotopic (exact) mass is 391 g/mol. The first kappa shape index (κ1) is 16.2. The molecule has 0 saturated carbocycles. The van der Waals surface area contributed by atoms with Crippen molar-refractivity contribution >= 4 is 43.7 Å². The summed E-state index contributed by atoms with van der Waals surface area (Å²) in [4.78, 5) is 25.3. The number of hydrogen-bond donors (Lipinski definition) is 0. The van der Waals surface area contributed by atoms with Gasteiger partial charge in [-0.2, -0.15) is 0 Å². The molecular formula is C13H15Br2NO3. The quantitative estimate of drug-likeness (QED) is 0.722. The second-order valence-electron chi connectivity index (χ2n) is 3.93. The lowest BCUT2D eigenvalue weighted by Crippen LogP contribution is -2.37. The standard InChI is InChI=1S/C13H15Br2NO3/c1-3-6-16(8-12(17)19-2)13(18)10-7-9(14)4-5-11(10)15/h4-5,7H,3,6,8H2,1-2H3. The van der Waals surface area contributed by atoms with E-state index in [1.54, 1.807) is 12.1 Å². The highest BCUT2D eigenvalue weighted by Crippen LogP contribution is 2.23. The molecule has 19 heavy (non-hydrogen) atoms. The van der Waals surface area contributed by atoms with Crippen LogP contribution in [0.25, 0.3) is 0 Å². The highest BCUT2D eigenvalue weighted by atomic mass is 79.9. The van der Waals surface area contributed by atoms with Crippen molar-refractivity contribution in [1.29, 1.82) is 0 Å². The summed E-state index contributed by atoms with van der Waals surface area (Å²) < 4.78 is 6.13. The van der Waals surface area contributed by atoms with E-state index in [1.165, 1.54) is 12.0 Å². The molecule has 0 aliphatic heterocycles. The van der Waals surface area contributed by atoms with Crippen LogP contribution in [-0.4, -0.2) is 37.0 Å². The highest BCUT2D eigenvalue weighted by Gasteiger charge is 2.20. The summed E-state index contributed by atoms with van der Waals surface area (Å²) in [6.45, 7) is 2.42. The fourth-order valence-electron chi connectivity index (χ4n) is 1.57. The molecule has 0 bridgehead atoms. The van der Waals surface area contributed by atoms with E-state index >= 15 is 0 Å². The average Bonchev–Trinajstić information content (AvgIpc) is 2.40. The average molecular weight is 393 g/mol. The van der Waals surface area contributed by atoms with Gasteiger partial charge in [-0.3, -0.25) is 9.59 Å². The van der Waals surface area contributed by atoms with Crippen LogP contribution in [0.4, 0.5) is 0 Å². The van der Waals surface area contributed by atoms with Crippen molar-refractivity contribution in [2.24, 2.45) is 0 Å². The summed E-state index contributed by atoms with van der Waals surface area (Å²) in [5, 5.41) is 0. The Hall–Kier alpha value is -0.880. The molecule has 6 heteroatoms. The molecule has 0 spiro atoms. The zero-order chi connectivity index (χ0) is 14.4. The van der Waals surface area contributed by atoms with Crippen molar-refractivity contribution in [2.45, 2.75) is 13.3 Å². The first-order chi connectivity index (χ1) is 8.99. The van der Waals surface area contributed by atoms with Gasteiger partial charge in [0.05, 0.1) is 12.7 Å². The van der Waals surface area contributed by atoms with Gasteiger partial charge in [0, 0.05) is 15.5 Å². The Balaban J connectivity index is 2.98. The van der Waals surface area contributed by atoms with Crippen LogP contribution >= 0.6 is 31.9 Å². The van der Waals surface area contributed by atoms with Gasteiger partial charge < -0.3 is 9.64 Å². The number of rotatable bonds is 5. The number of carbonyl (C=O) groups excluding carboxylic acids is 2. The third-order valence-corrected chi connectivity index (χ3v) is 3.67. The summed E-state index contributed by atoms with van der Waals surface area (Å²) in [6.07, 6.45) is 0.772. The van der Waals surface area contributed by atoms with Crippen molar-refractivity contribution in [3.8, 4) is 0 Å². The van der Waals surface area contributed by atoms with Gasteiger partial charge in [0.1, 0.15) is 6.54 Å². The fourth-order valence-corrected chi connectivity index (χ4v) is 2.35. The van der Waals surface area contributed by atoms with Gasteiger partial charge in [0.25, 0.3) is 5.91 Å². The van der Waals surface area contributed by atoms with Gasteiger partial charge in [-0.1, -0.05) is 22.9 Å². The van der Waals surface area contributed by atoms with Crippen molar-refractivity contribution in [3.63, 3.8) is 0 Å². The van der Waals surface area contributed by atoms with Gasteiger partial charge in [-0.15, -0.1) is 0 Å². The molecule has 0 atom stereocenters. The summed E-state index contributed by atoms with van der Waals surface area (Å²) in [6, 6.07) is 5.36. The van der Waals surface area contributed by atoms with Crippen molar-refractivity contribution in [3.05, 3.63) is 32.7 Å². The Morgan fingerprint density at radius 3 is 2.58 bits per heavy atom. The predicted molar refractivity (Wildman–Crippen MR) is 80.1 cm³/mol. The molecule has 0 fully saturated rings. The van der Waals surface area contributed by atoms with Gasteiger partial charge in [-0.05, 0) is 40.5 Å². The summed E-state index contributed by atoms with van der Waals surface area (Å²) in [5.41, 5.74) is 0.520. The number of carbonyl (C=O) groups is 2. The van der Waals surface area contributed by atoms with Crippen LogP contribution in [0.5, 0.6) is 0 Å². The maximum Gasteiger partial charge on any atom is 0.325 e. The molecule has 1 aromatic carbocycles. The highest BCUT2D eigenvalue weighted by molar-refractivity contribution is 9.11. The third kappa shape index (κ3) is 4.62. The molecule has 1 amide bonds. The van der Waals surface area contributed by atoms with Crippen LogP contribution < -0.4 is 0 Å². The van der Waals surface area contributed by atoms with Crippen molar-refractivity contribution < 1.29 is 14.3 Å². The minimum absolute atomic E-state index is 0.0396. The van der Waals surface area contributed by atoms with Crippen LogP contribution in [0.15, 0.2) is 27.1 Å². The number of amides is 1. The smallest absolute Gasteiger partial charge is 0.325 e. The topological polar surface area (TPSA) is 46.6 Å². The number of esters is 1. The minimum Gasteiger partial charge on any atom is -0.468 e. The lowest BCUT2D eigenvalue weighted by Gasteiger charge is -2.21. The molecule has 0 heterocycles. The van der Waals surface area contributed by atoms with Crippen molar-refractivity contribution in [1.82, 2.24) is 4.90 Å². The molecule has 1 aromatic rings. The first-order valence-electron chi connectivity index (χ1n) is 5.80. The fraction of sp³-hybridized carbons (Fsp3) is 0.385. The lowest BCUT2D eigenvalue weighted by molar-refractivity contribution is -0.141. The van der Waals surface area contributed by atoms with Crippen LogP contribution in [0.1, 0.15) is 23.7 Å². The maximum absolute atomic E-state index is 12.4. The Kier molecular flexibility index (Phi) is 6.51. The van der Waals surface area contributed by atoms with Crippen molar-refractivity contribution in [2.75, 3.05) is 20.2 Å². The van der Waals surface area contributed by atoms with E-state index in [-0.39, 0.29) is 12.5 Å². The van der Waals surface area contributed by atoms with Crippen LogP contribution in [-0.2, 0) is 9.53 Å². The van der Waals surface area contributed by atoms with Crippen LogP contribution in [0.3, 0.4) is 0 Å². The van der Waals surface area contributed by atoms with Gasteiger partial charge in [-0.25, -0.2) is 0 Å². The van der Waals surface area contributed by atoms with Gasteiger partial charge in [0.2, 0.25) is 0 Å². The van der Waals surface area contributed by atoms with E-state index in [0.29, 0.717) is 16.6 Å². The first-order valence-corrected chi connectivity index (χ1v) is 7.39. The predicted octanol–water partition coefficient (Wildman–Crippen LogP) is 3.24. The molecule has 104 valence electrons. The van der Waals surface area contributed by atoms with Crippen LogP contribution in [0.2, 0.25) is 0 Å². The minimum atomic E-state index is -0.423. The molecule has 1 rings (SSSR count). The van der Waals surface area contributed by atoms with Crippen LogP contribution in [0, 0.1) is 0 Å². The van der Waals surface area contributed by atoms with E-state index < -0.39 is 5.97 Å². The van der Waals surface area contributed by atoms with E-state index in [9.17, 15) is 9.59 Å². The van der Waals surface area contributed by atoms with Gasteiger partial charge in [0.15, 0.2) is 0 Å². The maximum atomic E-state index is 12.4. The summed E-state index contributed by atoms with van der Waals surface area (Å²) in [5.74, 6) is -0.617. The molecular weight excluding hydrogens is 378 g/mol. The lowest BCUT2D eigenvalue weighted by atomic mass is 10.2. The normalized spacial score (nSPS) is 10.1. The SMILES string of the molecule is CCCN(CC(=O)OC)C(=O)c1cc(Br)ccc1Br. The van der Waals surface area contributed by atoms with E-state index in [2.05, 4.69) is 36.6 Å². The number of hydrogen-bond acceptors (Lipinski definition) is 3. The zero-order valence-corrected chi connectivity index (χ0v) is 14.0. The molecule has 0 aromatic heterocycles. The van der Waals surface area contributed by atoms with E-state index in [1.807, 2.05) is 13.0 Å². The molecule has 0 N–H and O–H groups in total. The van der Waals surface area contributed by atoms with Gasteiger partial charge >= 0.3 is 5.97 Å². The molecule has 0 radical (unpaired) electrons. The Morgan fingerprint density at radius 1 is 1.32 bits per heavy atom. The molecule has 0 unspecified atom stereocenters. The largest absolute Gasteiger partial charge is 0.468 e. The number of methoxy groups -OCH3 is 1. The second-order valence-corrected chi connectivity index (χ2v) is 5.70.